The lowest BCUT2D eigenvalue weighted by Gasteiger charge is -2.21. The molecular formula is C81H158O17P2. The lowest BCUT2D eigenvalue weighted by Crippen LogP contribution is -2.30. The summed E-state index contributed by atoms with van der Waals surface area (Å²) in [5.41, 5.74) is 0. The zero-order valence-electron chi connectivity index (χ0n) is 65.3. The molecule has 3 unspecified atom stereocenters. The number of carbonyl (C=O) groups is 4. The first-order valence-electron chi connectivity index (χ1n) is 42.2. The van der Waals surface area contributed by atoms with E-state index in [1.54, 1.807) is 0 Å². The fourth-order valence-electron chi connectivity index (χ4n) is 12.6. The Morgan fingerprint density at radius 3 is 0.710 bits per heavy atom. The van der Waals surface area contributed by atoms with Crippen LogP contribution in [-0.4, -0.2) is 96.7 Å². The molecule has 3 N–H and O–H groups in total. The number of carbonyl (C=O) groups excluding carboxylic acids is 4. The second kappa shape index (κ2) is 73.9. The van der Waals surface area contributed by atoms with Gasteiger partial charge in [0.25, 0.3) is 0 Å². The first-order valence-corrected chi connectivity index (χ1v) is 45.2. The van der Waals surface area contributed by atoms with E-state index in [1.165, 1.54) is 257 Å². The van der Waals surface area contributed by atoms with Gasteiger partial charge in [-0.05, 0) is 31.6 Å². The van der Waals surface area contributed by atoms with E-state index in [-0.39, 0.29) is 25.7 Å². The van der Waals surface area contributed by atoms with Gasteiger partial charge in [0.15, 0.2) is 12.2 Å². The highest BCUT2D eigenvalue weighted by atomic mass is 31.2. The molecule has 17 nitrogen and oxygen atoms in total. The molecule has 0 aromatic rings. The summed E-state index contributed by atoms with van der Waals surface area (Å²) in [6, 6.07) is 0. The van der Waals surface area contributed by atoms with E-state index in [4.69, 9.17) is 37.0 Å². The standard InChI is InChI=1S/C81H158O17P2/c1-6-10-13-16-19-22-24-26-28-30-32-34-36-38-40-42-45-51-56-61-66-80(85)97-76(71-92-79(84)65-60-55-50-44-41-39-37-35-33-31-29-27-25-23-20-17-14-11-7-2)72-95-99(87,88)93-68-75(82)69-94-100(89,90)96-73-77(70-91-78(83)64-59-54-49-43-21-18-15-12-8-3)98-81(86)67-62-57-52-47-46-48-53-58-63-74(5)9-4/h74-77,82H,6-73H2,1-5H3,(H,87,88)(H,89,90)/t74?,75-,76-,77-/m1/s1. The predicted molar refractivity (Wildman–Crippen MR) is 409 cm³/mol. The molecule has 0 aromatic heterocycles. The van der Waals surface area contributed by atoms with E-state index in [0.717, 1.165) is 95.8 Å². The third-order valence-corrected chi connectivity index (χ3v) is 21.3. The van der Waals surface area contributed by atoms with Gasteiger partial charge in [0, 0.05) is 25.7 Å². The zero-order valence-corrected chi connectivity index (χ0v) is 67.1. The molecule has 6 atom stereocenters. The summed E-state index contributed by atoms with van der Waals surface area (Å²) in [7, 11) is -9.92. The molecule has 100 heavy (non-hydrogen) atoms. The summed E-state index contributed by atoms with van der Waals surface area (Å²) < 4.78 is 68.7. The first kappa shape index (κ1) is 98.1. The molecular weight excluding hydrogens is 1310 g/mol. The molecule has 594 valence electrons. The Bertz CT molecular complexity index is 1910. The number of phosphoric ester groups is 2. The van der Waals surface area contributed by atoms with Crippen molar-refractivity contribution in [2.75, 3.05) is 39.6 Å². The maximum atomic E-state index is 13.1. The number of rotatable bonds is 81. The Balaban J connectivity index is 5.20. The molecule has 0 spiro atoms. The second-order valence-electron chi connectivity index (χ2n) is 29.4. The topological polar surface area (TPSA) is 237 Å². The number of esters is 4. The van der Waals surface area contributed by atoms with Gasteiger partial charge in [-0.15, -0.1) is 0 Å². The molecule has 0 aliphatic heterocycles. The number of hydrogen-bond acceptors (Lipinski definition) is 15. The van der Waals surface area contributed by atoms with Gasteiger partial charge < -0.3 is 33.8 Å². The third-order valence-electron chi connectivity index (χ3n) is 19.4. The largest absolute Gasteiger partial charge is 0.472 e. The minimum atomic E-state index is -4.96. The molecule has 0 aromatic carbocycles. The summed E-state index contributed by atoms with van der Waals surface area (Å²) in [5.74, 6) is -1.34. The fourth-order valence-corrected chi connectivity index (χ4v) is 14.1. The van der Waals surface area contributed by atoms with Crippen LogP contribution in [0.25, 0.3) is 0 Å². The van der Waals surface area contributed by atoms with Crippen LogP contribution >= 0.6 is 15.6 Å². The summed E-state index contributed by atoms with van der Waals surface area (Å²) in [6.07, 6.45) is 65.3. The number of aliphatic hydroxyl groups excluding tert-OH is 1. The van der Waals surface area contributed by atoms with Crippen LogP contribution in [0.15, 0.2) is 0 Å². The van der Waals surface area contributed by atoms with E-state index in [0.29, 0.717) is 25.7 Å². The van der Waals surface area contributed by atoms with Gasteiger partial charge in [-0.2, -0.15) is 0 Å². The highest BCUT2D eigenvalue weighted by Crippen LogP contribution is 2.45. The summed E-state index contributed by atoms with van der Waals surface area (Å²) in [6.45, 7) is 7.30. The molecule has 0 aliphatic carbocycles. The van der Waals surface area contributed by atoms with Gasteiger partial charge in [0.2, 0.25) is 0 Å². The van der Waals surface area contributed by atoms with Gasteiger partial charge in [-0.1, -0.05) is 381 Å². The minimum Gasteiger partial charge on any atom is -0.462 e. The molecule has 0 aliphatic rings. The van der Waals surface area contributed by atoms with Crippen molar-refractivity contribution in [2.45, 2.75) is 451 Å². The van der Waals surface area contributed by atoms with Crippen LogP contribution in [0.3, 0.4) is 0 Å². The molecule has 0 saturated carbocycles. The smallest absolute Gasteiger partial charge is 0.462 e. The highest BCUT2D eigenvalue weighted by molar-refractivity contribution is 7.47. The van der Waals surface area contributed by atoms with Crippen molar-refractivity contribution in [3.05, 3.63) is 0 Å². The second-order valence-corrected chi connectivity index (χ2v) is 32.3. The van der Waals surface area contributed by atoms with Crippen LogP contribution in [0.1, 0.15) is 433 Å². The van der Waals surface area contributed by atoms with Crippen molar-refractivity contribution in [2.24, 2.45) is 5.92 Å². The molecule has 0 radical (unpaired) electrons. The fraction of sp³-hybridized carbons (Fsp3) is 0.951. The number of hydrogen-bond donors (Lipinski definition) is 3. The van der Waals surface area contributed by atoms with Gasteiger partial charge in [-0.3, -0.25) is 37.3 Å². The van der Waals surface area contributed by atoms with Gasteiger partial charge in [0.05, 0.1) is 26.4 Å². The van der Waals surface area contributed by atoms with Crippen molar-refractivity contribution >= 4 is 39.5 Å². The Hall–Kier alpha value is -1.94. The van der Waals surface area contributed by atoms with E-state index < -0.39 is 97.5 Å². The number of aliphatic hydroxyl groups is 1. The Morgan fingerprint density at radius 2 is 0.480 bits per heavy atom. The Kier molecular flexibility index (Phi) is 72.5. The van der Waals surface area contributed by atoms with Crippen LogP contribution in [0.5, 0.6) is 0 Å². The van der Waals surface area contributed by atoms with E-state index >= 15 is 0 Å². The summed E-state index contributed by atoms with van der Waals surface area (Å²) in [4.78, 5) is 72.9. The van der Waals surface area contributed by atoms with E-state index in [1.807, 2.05) is 0 Å². The van der Waals surface area contributed by atoms with E-state index in [2.05, 4.69) is 34.6 Å². The van der Waals surface area contributed by atoms with Crippen LogP contribution < -0.4 is 0 Å². The van der Waals surface area contributed by atoms with Crippen molar-refractivity contribution in [1.29, 1.82) is 0 Å². The van der Waals surface area contributed by atoms with Crippen LogP contribution in [0.2, 0.25) is 0 Å². The van der Waals surface area contributed by atoms with Crippen molar-refractivity contribution in [1.82, 2.24) is 0 Å². The molecule has 0 heterocycles. The van der Waals surface area contributed by atoms with Crippen molar-refractivity contribution in [3.8, 4) is 0 Å². The number of unbranched alkanes of at least 4 members (excludes halogenated alkanes) is 52. The maximum Gasteiger partial charge on any atom is 0.472 e. The Labute approximate surface area is 613 Å². The molecule has 0 rings (SSSR count). The van der Waals surface area contributed by atoms with E-state index in [9.17, 15) is 43.2 Å². The lowest BCUT2D eigenvalue weighted by atomic mass is 9.99. The predicted octanol–water partition coefficient (Wildman–Crippen LogP) is 24.4. The number of phosphoric acid groups is 2. The van der Waals surface area contributed by atoms with Gasteiger partial charge in [-0.25, -0.2) is 9.13 Å². The van der Waals surface area contributed by atoms with Crippen LogP contribution in [-0.2, 0) is 65.4 Å². The average Bonchev–Trinajstić information content (AvgIpc) is 1.12. The lowest BCUT2D eigenvalue weighted by molar-refractivity contribution is -0.161. The maximum absolute atomic E-state index is 13.1. The molecule has 0 fully saturated rings. The van der Waals surface area contributed by atoms with Crippen molar-refractivity contribution in [3.63, 3.8) is 0 Å². The molecule has 19 heteroatoms. The van der Waals surface area contributed by atoms with Crippen molar-refractivity contribution < 1.29 is 80.2 Å². The minimum absolute atomic E-state index is 0.105. The first-order chi connectivity index (χ1) is 48.6. The third kappa shape index (κ3) is 73.0. The van der Waals surface area contributed by atoms with Crippen LogP contribution in [0.4, 0.5) is 0 Å². The summed E-state index contributed by atoms with van der Waals surface area (Å²) in [5, 5.41) is 10.6. The molecule has 0 amide bonds. The quantitative estimate of drug-likeness (QED) is 0.0222. The average molecular weight is 1470 g/mol. The SMILES string of the molecule is CCCCCCCCCCCCCCCCCCCCCCC(=O)O[C@H](COC(=O)CCCCCCCCCCCCCCCCCCCCC)COP(=O)(O)OC[C@@H](O)COP(=O)(O)OC[C@@H](COC(=O)CCCCCCCCCCC)OC(=O)CCCCCCCCCCC(C)CC. The highest BCUT2D eigenvalue weighted by Gasteiger charge is 2.30. The number of ether oxygens (including phenoxy) is 4. The summed E-state index contributed by atoms with van der Waals surface area (Å²) >= 11 is 0. The Morgan fingerprint density at radius 1 is 0.280 bits per heavy atom. The zero-order chi connectivity index (χ0) is 73.4. The monoisotopic (exact) mass is 1470 g/mol. The molecule has 0 bridgehead atoms. The van der Waals surface area contributed by atoms with Crippen LogP contribution in [0, 0.1) is 5.92 Å². The van der Waals surface area contributed by atoms with Gasteiger partial charge >= 0.3 is 39.5 Å². The molecule has 0 saturated heterocycles. The normalized spacial score (nSPS) is 14.1. The van der Waals surface area contributed by atoms with Gasteiger partial charge in [0.1, 0.15) is 19.3 Å².